The number of aliphatic carboxylic acids is 3. The lowest BCUT2D eigenvalue weighted by Crippen LogP contribution is -2.35. The Morgan fingerprint density at radius 2 is 1.02 bits per heavy atom. The Morgan fingerprint density at radius 1 is 0.625 bits per heavy atom. The van der Waals surface area contributed by atoms with E-state index in [1.54, 1.807) is 13.8 Å². The fourth-order valence-corrected chi connectivity index (χ4v) is 11.1. The van der Waals surface area contributed by atoms with Crippen LogP contribution in [-0.2, 0) is 43.0 Å². The van der Waals surface area contributed by atoms with Gasteiger partial charge in [-0.3, -0.25) is 38.6 Å². The first-order valence-electron chi connectivity index (χ1n) is 24.2. The smallest absolute Gasteiger partial charge is 0.320 e. The summed E-state index contributed by atoms with van der Waals surface area (Å²) in [6.45, 7) is 12.4. The number of hydrogen-bond donors (Lipinski definition) is 6. The van der Waals surface area contributed by atoms with E-state index in [0.717, 1.165) is 64.2 Å². The van der Waals surface area contributed by atoms with Crippen LogP contribution in [0.25, 0.3) is 0 Å². The van der Waals surface area contributed by atoms with Gasteiger partial charge in [0.05, 0.1) is 36.9 Å². The lowest BCUT2D eigenvalue weighted by Gasteiger charge is -2.31. The normalized spacial score (nSPS) is 26.9. The van der Waals surface area contributed by atoms with E-state index in [1.165, 1.54) is 0 Å². The minimum Gasteiger partial charge on any atom is -0.481 e. The molecule has 16 heteroatoms. The minimum atomic E-state index is -1.00. The molecule has 9 N–H and O–H groups in total. The molecule has 64 heavy (non-hydrogen) atoms. The number of rotatable bonds is 23. The molecule has 4 saturated carbocycles. The number of ketones is 2. The van der Waals surface area contributed by atoms with E-state index < -0.39 is 35.8 Å². The summed E-state index contributed by atoms with van der Waals surface area (Å²) in [6.07, 6.45) is 14.8. The molecule has 0 heterocycles. The van der Waals surface area contributed by atoms with Crippen molar-refractivity contribution in [3.63, 3.8) is 0 Å². The van der Waals surface area contributed by atoms with Crippen LogP contribution in [0.1, 0.15) is 157 Å². The van der Waals surface area contributed by atoms with Gasteiger partial charge in [-0.05, 0) is 102 Å². The van der Waals surface area contributed by atoms with Crippen molar-refractivity contribution in [3.05, 3.63) is 0 Å². The second kappa shape index (κ2) is 28.7. The summed E-state index contributed by atoms with van der Waals surface area (Å²) in [5.41, 5.74) is 15.3. The molecule has 16 nitrogen and oxygen atoms in total. The number of carboxylic acids is 3. The molecule has 4 aliphatic carbocycles. The van der Waals surface area contributed by atoms with E-state index in [2.05, 4.69) is 4.99 Å². The fourth-order valence-electron chi connectivity index (χ4n) is 11.1. The van der Waals surface area contributed by atoms with Gasteiger partial charge < -0.3 is 42.0 Å². The summed E-state index contributed by atoms with van der Waals surface area (Å²) in [5.74, 6) is -4.83. The van der Waals surface area contributed by atoms with Crippen LogP contribution in [0.15, 0.2) is 4.99 Å². The molecule has 0 bridgehead atoms. The third kappa shape index (κ3) is 17.0. The van der Waals surface area contributed by atoms with Crippen LogP contribution in [0.5, 0.6) is 0 Å². The molecule has 366 valence electrons. The minimum absolute atomic E-state index is 0.0129. The van der Waals surface area contributed by atoms with Gasteiger partial charge in [-0.1, -0.05) is 79.1 Å². The van der Waals surface area contributed by atoms with E-state index in [1.807, 2.05) is 27.7 Å². The maximum absolute atomic E-state index is 13.2. The molecule has 0 saturated heterocycles. The first-order valence-corrected chi connectivity index (χ1v) is 24.2. The van der Waals surface area contributed by atoms with Crippen molar-refractivity contribution in [1.82, 2.24) is 0 Å². The summed E-state index contributed by atoms with van der Waals surface area (Å²) < 4.78 is 10.3. The predicted molar refractivity (Wildman–Crippen MR) is 243 cm³/mol. The van der Waals surface area contributed by atoms with Gasteiger partial charge in [0.25, 0.3) is 0 Å². The molecule has 4 fully saturated rings. The fraction of sp³-hybridized carbons (Fsp3) is 0.833. The molecule has 4 aliphatic rings. The first kappa shape index (κ1) is 56.1. The molecular weight excluding hydrogens is 825 g/mol. The third-order valence-corrected chi connectivity index (χ3v) is 14.2. The van der Waals surface area contributed by atoms with Gasteiger partial charge in [-0.2, -0.15) is 0 Å². The zero-order valence-electron chi connectivity index (χ0n) is 39.5. The van der Waals surface area contributed by atoms with Crippen molar-refractivity contribution in [1.29, 1.82) is 0 Å². The summed E-state index contributed by atoms with van der Waals surface area (Å²) in [6, 6.07) is -0.820. The Hall–Kier alpha value is -4.08. The Morgan fingerprint density at radius 3 is 1.34 bits per heavy atom. The average molecular weight is 907 g/mol. The number of esters is 2. The SMILES string of the molecule is CCCC(C[C@@H](C)C(=O)C1[C@H]2CCCC[C@H]2C[C@H]1C(=O)O)C(=O)OCC.CCC[C@@H](C[C@@H](C)C(=O)C1[C@H]2CCCC[C@H]2C[C@H]1C(=O)O)C(=O)OCC.NC(N)=NCCC[C@H](N)C(=O)O. The van der Waals surface area contributed by atoms with Gasteiger partial charge in [0, 0.05) is 30.2 Å². The number of carbonyl (C=O) groups excluding carboxylic acids is 4. The van der Waals surface area contributed by atoms with Crippen LogP contribution in [-0.4, -0.2) is 88.5 Å². The maximum atomic E-state index is 13.2. The van der Waals surface area contributed by atoms with Gasteiger partial charge in [-0.25, -0.2) is 0 Å². The highest BCUT2D eigenvalue weighted by molar-refractivity contribution is 5.90. The topological polar surface area (TPSA) is 289 Å². The highest BCUT2D eigenvalue weighted by Crippen LogP contribution is 2.52. The third-order valence-electron chi connectivity index (χ3n) is 14.2. The Balaban J connectivity index is 0.000000354. The number of nitrogens with zero attached hydrogens (tertiary/aromatic N) is 1. The number of carbonyl (C=O) groups is 7. The average Bonchev–Trinajstić information content (AvgIpc) is 3.85. The van der Waals surface area contributed by atoms with Gasteiger partial charge in [0.1, 0.15) is 17.6 Å². The van der Waals surface area contributed by atoms with Crippen LogP contribution in [0.3, 0.4) is 0 Å². The first-order chi connectivity index (χ1) is 30.3. The van der Waals surface area contributed by atoms with Crippen LogP contribution >= 0.6 is 0 Å². The largest absolute Gasteiger partial charge is 0.481 e. The van der Waals surface area contributed by atoms with Gasteiger partial charge in [0.2, 0.25) is 0 Å². The molecule has 4 rings (SSSR count). The zero-order chi connectivity index (χ0) is 48.1. The summed E-state index contributed by atoms with van der Waals surface area (Å²) in [7, 11) is 0. The second-order valence-electron chi connectivity index (χ2n) is 18.8. The number of nitrogens with two attached hydrogens (primary N) is 3. The number of hydrogen-bond acceptors (Lipinski definition) is 11. The van der Waals surface area contributed by atoms with Crippen molar-refractivity contribution in [2.75, 3.05) is 19.8 Å². The van der Waals surface area contributed by atoms with E-state index in [0.29, 0.717) is 83.0 Å². The van der Waals surface area contributed by atoms with Crippen LogP contribution in [0.4, 0.5) is 0 Å². The van der Waals surface area contributed by atoms with Crippen molar-refractivity contribution in [2.45, 2.75) is 163 Å². The second-order valence-corrected chi connectivity index (χ2v) is 18.8. The highest BCUT2D eigenvalue weighted by atomic mass is 16.5. The predicted octanol–water partition coefficient (Wildman–Crippen LogP) is 6.63. The molecular formula is C48H82N4O12. The van der Waals surface area contributed by atoms with Crippen molar-refractivity contribution < 1.29 is 58.4 Å². The van der Waals surface area contributed by atoms with Gasteiger partial charge in [-0.15, -0.1) is 0 Å². The molecule has 0 amide bonds. The van der Waals surface area contributed by atoms with Gasteiger partial charge in [0.15, 0.2) is 5.96 Å². The van der Waals surface area contributed by atoms with E-state index in [4.69, 9.17) is 31.8 Å². The van der Waals surface area contributed by atoms with E-state index >= 15 is 0 Å². The molecule has 0 spiro atoms. The quantitative estimate of drug-likeness (QED) is 0.0272. The number of Topliss-reactive ketones (excluding diaryl/α,β-unsaturated/α-hetero) is 2. The van der Waals surface area contributed by atoms with Crippen LogP contribution in [0.2, 0.25) is 0 Å². The molecule has 3 unspecified atom stereocenters. The summed E-state index contributed by atoms with van der Waals surface area (Å²) >= 11 is 0. The number of aliphatic imine (C=N–C) groups is 1. The molecule has 13 atom stereocenters. The maximum Gasteiger partial charge on any atom is 0.320 e. The molecule has 0 radical (unpaired) electrons. The van der Waals surface area contributed by atoms with Gasteiger partial charge >= 0.3 is 29.8 Å². The zero-order valence-corrected chi connectivity index (χ0v) is 39.5. The molecule has 0 aromatic carbocycles. The number of guanidine groups is 1. The lowest BCUT2D eigenvalue weighted by molar-refractivity contribution is -0.151. The van der Waals surface area contributed by atoms with Crippen LogP contribution in [0, 0.1) is 71.0 Å². The van der Waals surface area contributed by atoms with Crippen molar-refractivity contribution >= 4 is 47.4 Å². The highest BCUT2D eigenvalue weighted by Gasteiger charge is 2.52. The standard InChI is InChI=1S/2C21H34O5.C6H14N4O2/c2*1-4-8-15(21(25)26-5-2)11-13(3)19(22)18-16-10-7-6-9-14(16)12-17(18)20(23)24;7-4(5(11)12)2-1-3-10-6(8)9/h2*13-18H,4-12H2,1-3H3,(H,23,24);4H,1-3,7H2,(H,11,12)(H4,8,9,10)/t13-,14+,15?,16+,17-,18?;13-,14+,15+,16+,17-,18?;4-/m110/s1. The Labute approximate surface area is 381 Å². The lowest BCUT2D eigenvalue weighted by atomic mass is 9.73. The van der Waals surface area contributed by atoms with Crippen molar-refractivity contribution in [2.24, 2.45) is 93.2 Å². The van der Waals surface area contributed by atoms with Crippen LogP contribution < -0.4 is 17.2 Å². The number of ether oxygens (including phenoxy) is 2. The molecule has 0 aliphatic heterocycles. The Bertz CT molecular complexity index is 1460. The summed E-state index contributed by atoms with van der Waals surface area (Å²) in [5, 5.41) is 27.7. The summed E-state index contributed by atoms with van der Waals surface area (Å²) in [4.78, 5) is 88.3. The number of fused-ring (bicyclic) bond motifs is 2. The molecule has 0 aromatic rings. The van der Waals surface area contributed by atoms with E-state index in [9.17, 15) is 43.8 Å². The number of carboxylic acid groups (broad SMARTS) is 3. The van der Waals surface area contributed by atoms with Crippen molar-refractivity contribution in [3.8, 4) is 0 Å². The Kier molecular flexibility index (Phi) is 25.2. The van der Waals surface area contributed by atoms with E-state index in [-0.39, 0.29) is 76.8 Å². The molecule has 0 aromatic heterocycles. The monoisotopic (exact) mass is 907 g/mol.